The van der Waals surface area contributed by atoms with Gasteiger partial charge in [0.15, 0.2) is 0 Å². The summed E-state index contributed by atoms with van der Waals surface area (Å²) in [6.07, 6.45) is 5.63. The number of carboxylic acid groups (broad SMARTS) is 1. The molecule has 1 N–H and O–H groups in total. The Morgan fingerprint density at radius 3 is 2.48 bits per heavy atom. The van der Waals surface area contributed by atoms with Gasteiger partial charge in [-0.2, -0.15) is 0 Å². The first-order valence-corrected chi connectivity index (χ1v) is 8.92. The summed E-state index contributed by atoms with van der Waals surface area (Å²) in [6, 6.07) is 7.61. The Hall–Kier alpha value is -2.21. The number of ether oxygens (including phenoxy) is 1. The summed E-state index contributed by atoms with van der Waals surface area (Å²) in [7, 11) is 0. The fourth-order valence-corrected chi connectivity index (χ4v) is 2.58. The minimum absolute atomic E-state index is 0.0181. The maximum absolute atomic E-state index is 10.9. The standard InChI is InChI=1S/C22H30O3/c1-5-7-20(16-22(23)24)19-10-12-21(13-11-19)25-15-14-18(4)9-6-8-17(2)3/h8,10-13,18,20H,6,9,14-16H2,1-4H3,(H,23,24)/t18-,20-/m1/s1. The first kappa shape index (κ1) is 20.8. The molecule has 0 aliphatic carbocycles. The van der Waals surface area contributed by atoms with E-state index in [1.807, 2.05) is 24.3 Å². The Bertz CT molecular complexity index is 613. The molecule has 0 fully saturated rings. The zero-order valence-corrected chi connectivity index (χ0v) is 15.8. The fraction of sp³-hybridized carbons (Fsp3) is 0.500. The monoisotopic (exact) mass is 342 g/mol. The van der Waals surface area contributed by atoms with Crippen LogP contribution in [0, 0.1) is 17.8 Å². The van der Waals surface area contributed by atoms with Crippen molar-refractivity contribution < 1.29 is 14.6 Å². The van der Waals surface area contributed by atoms with Gasteiger partial charge in [-0.25, -0.2) is 0 Å². The van der Waals surface area contributed by atoms with Crippen LogP contribution >= 0.6 is 0 Å². The van der Waals surface area contributed by atoms with Crippen LogP contribution in [0.15, 0.2) is 35.9 Å². The molecule has 136 valence electrons. The van der Waals surface area contributed by atoms with Crippen LogP contribution in [-0.4, -0.2) is 17.7 Å². The van der Waals surface area contributed by atoms with Crippen LogP contribution in [0.1, 0.15) is 64.9 Å². The average Bonchev–Trinajstić information content (AvgIpc) is 2.54. The van der Waals surface area contributed by atoms with Crippen LogP contribution in [0.4, 0.5) is 0 Å². The molecule has 3 heteroatoms. The van der Waals surface area contributed by atoms with E-state index < -0.39 is 5.97 Å². The molecule has 0 aliphatic rings. The zero-order valence-electron chi connectivity index (χ0n) is 15.8. The topological polar surface area (TPSA) is 46.5 Å². The van der Waals surface area contributed by atoms with Crippen LogP contribution in [0.2, 0.25) is 0 Å². The smallest absolute Gasteiger partial charge is 0.304 e. The Balaban J connectivity index is 2.46. The quantitative estimate of drug-likeness (QED) is 0.456. The van der Waals surface area contributed by atoms with Crippen molar-refractivity contribution in [3.8, 4) is 17.6 Å². The summed E-state index contributed by atoms with van der Waals surface area (Å²) >= 11 is 0. The number of benzene rings is 1. The molecule has 0 saturated carbocycles. The van der Waals surface area contributed by atoms with Gasteiger partial charge in [0.2, 0.25) is 0 Å². The van der Waals surface area contributed by atoms with Gasteiger partial charge in [0.25, 0.3) is 0 Å². The van der Waals surface area contributed by atoms with Gasteiger partial charge in [0.05, 0.1) is 18.9 Å². The van der Waals surface area contributed by atoms with Crippen LogP contribution in [0.5, 0.6) is 5.75 Å². The first-order valence-electron chi connectivity index (χ1n) is 8.92. The van der Waals surface area contributed by atoms with E-state index in [0.717, 1.165) is 24.2 Å². The first-order chi connectivity index (χ1) is 11.9. The number of hydrogen-bond donors (Lipinski definition) is 1. The molecule has 0 radical (unpaired) electrons. The molecule has 0 amide bonds. The molecule has 1 aromatic carbocycles. The van der Waals surface area contributed by atoms with Crippen molar-refractivity contribution in [2.45, 2.75) is 59.3 Å². The lowest BCUT2D eigenvalue weighted by molar-refractivity contribution is -0.137. The molecule has 2 atom stereocenters. The lowest BCUT2D eigenvalue weighted by Gasteiger charge is -2.13. The van der Waals surface area contributed by atoms with Gasteiger partial charge in [-0.05, 0) is 63.6 Å². The zero-order chi connectivity index (χ0) is 18.7. The number of carbonyl (C=O) groups is 1. The lowest BCUT2D eigenvalue weighted by atomic mass is 9.96. The highest BCUT2D eigenvalue weighted by Gasteiger charge is 2.13. The number of hydrogen-bond acceptors (Lipinski definition) is 2. The molecule has 3 nitrogen and oxygen atoms in total. The number of aliphatic carboxylic acids is 1. The summed E-state index contributed by atoms with van der Waals surface area (Å²) in [5.41, 5.74) is 2.29. The number of carboxylic acids is 1. The minimum atomic E-state index is -0.838. The third-order valence-corrected chi connectivity index (χ3v) is 4.07. The van der Waals surface area contributed by atoms with E-state index in [-0.39, 0.29) is 12.3 Å². The molecular weight excluding hydrogens is 312 g/mol. The van der Waals surface area contributed by atoms with E-state index in [1.165, 1.54) is 12.0 Å². The molecule has 0 aliphatic heterocycles. The van der Waals surface area contributed by atoms with E-state index in [9.17, 15) is 4.79 Å². The summed E-state index contributed by atoms with van der Waals surface area (Å²) in [5.74, 6) is 6.11. The van der Waals surface area contributed by atoms with Gasteiger partial charge in [-0.15, -0.1) is 5.92 Å². The minimum Gasteiger partial charge on any atom is -0.494 e. The fourth-order valence-electron chi connectivity index (χ4n) is 2.58. The van der Waals surface area contributed by atoms with Gasteiger partial charge in [-0.1, -0.05) is 36.6 Å². The number of allylic oxidation sites excluding steroid dienone is 2. The molecule has 25 heavy (non-hydrogen) atoms. The average molecular weight is 342 g/mol. The predicted octanol–water partition coefficient (Wildman–Crippen LogP) is 5.42. The maximum atomic E-state index is 10.9. The van der Waals surface area contributed by atoms with Crippen LogP contribution in [-0.2, 0) is 4.79 Å². The van der Waals surface area contributed by atoms with E-state index in [4.69, 9.17) is 9.84 Å². The predicted molar refractivity (Wildman–Crippen MR) is 103 cm³/mol. The maximum Gasteiger partial charge on any atom is 0.304 e. The molecule has 1 rings (SSSR count). The molecule has 0 spiro atoms. The van der Waals surface area contributed by atoms with Crippen LogP contribution in [0.25, 0.3) is 0 Å². The highest BCUT2D eigenvalue weighted by Crippen LogP contribution is 2.22. The Morgan fingerprint density at radius 1 is 1.24 bits per heavy atom. The van der Waals surface area contributed by atoms with Crippen molar-refractivity contribution in [2.75, 3.05) is 6.61 Å². The molecule has 0 saturated heterocycles. The Kier molecular flexibility index (Phi) is 9.47. The second-order valence-corrected chi connectivity index (χ2v) is 6.71. The van der Waals surface area contributed by atoms with E-state index in [2.05, 4.69) is 38.7 Å². The SMILES string of the molecule is CC#C[C@H](CC(=O)O)c1ccc(OCC[C@H](C)CCC=C(C)C)cc1. The van der Waals surface area contributed by atoms with E-state index in [0.29, 0.717) is 12.5 Å². The van der Waals surface area contributed by atoms with Gasteiger partial charge >= 0.3 is 5.97 Å². The second-order valence-electron chi connectivity index (χ2n) is 6.71. The molecule has 1 aromatic rings. The van der Waals surface area contributed by atoms with Crippen molar-refractivity contribution >= 4 is 5.97 Å². The third kappa shape index (κ3) is 9.00. The van der Waals surface area contributed by atoms with Gasteiger partial charge < -0.3 is 9.84 Å². The molecular formula is C22H30O3. The van der Waals surface area contributed by atoms with Crippen molar-refractivity contribution in [3.63, 3.8) is 0 Å². The molecule has 0 unspecified atom stereocenters. The van der Waals surface area contributed by atoms with Crippen molar-refractivity contribution in [2.24, 2.45) is 5.92 Å². The molecule has 0 bridgehead atoms. The summed E-state index contributed by atoms with van der Waals surface area (Å²) in [5, 5.41) is 8.99. The summed E-state index contributed by atoms with van der Waals surface area (Å²) in [4.78, 5) is 10.9. The summed E-state index contributed by atoms with van der Waals surface area (Å²) < 4.78 is 5.81. The van der Waals surface area contributed by atoms with Gasteiger partial charge in [-0.3, -0.25) is 4.79 Å². The normalized spacial score (nSPS) is 12.5. The largest absolute Gasteiger partial charge is 0.494 e. The third-order valence-electron chi connectivity index (χ3n) is 4.07. The van der Waals surface area contributed by atoms with Crippen LogP contribution in [0.3, 0.4) is 0 Å². The van der Waals surface area contributed by atoms with Crippen molar-refractivity contribution in [1.82, 2.24) is 0 Å². The van der Waals surface area contributed by atoms with E-state index >= 15 is 0 Å². The van der Waals surface area contributed by atoms with Gasteiger partial charge in [0.1, 0.15) is 5.75 Å². The number of rotatable bonds is 10. The Labute approximate surface area is 152 Å². The Morgan fingerprint density at radius 2 is 1.92 bits per heavy atom. The van der Waals surface area contributed by atoms with Gasteiger partial charge in [0, 0.05) is 0 Å². The molecule has 0 heterocycles. The van der Waals surface area contributed by atoms with E-state index in [1.54, 1.807) is 6.92 Å². The highest BCUT2D eigenvalue weighted by atomic mass is 16.5. The van der Waals surface area contributed by atoms with Crippen molar-refractivity contribution in [1.29, 1.82) is 0 Å². The second kappa shape index (κ2) is 11.4. The highest BCUT2D eigenvalue weighted by molar-refractivity contribution is 5.69. The van der Waals surface area contributed by atoms with Crippen LogP contribution < -0.4 is 4.74 Å². The summed E-state index contributed by atoms with van der Waals surface area (Å²) in [6.45, 7) is 8.94. The lowest BCUT2D eigenvalue weighted by Crippen LogP contribution is -2.06. The van der Waals surface area contributed by atoms with Crippen molar-refractivity contribution in [3.05, 3.63) is 41.5 Å². The molecule has 0 aromatic heterocycles.